The molecule has 1 aromatic carbocycles. The van der Waals surface area contributed by atoms with Crippen LogP contribution in [0.4, 0.5) is 14.6 Å². The first-order valence-electron chi connectivity index (χ1n) is 7.57. The fourth-order valence-electron chi connectivity index (χ4n) is 2.64. The largest absolute Gasteiger partial charge is 0.493 e. The summed E-state index contributed by atoms with van der Waals surface area (Å²) in [6, 6.07) is 3.00. The lowest BCUT2D eigenvalue weighted by molar-refractivity contribution is 0.318. The van der Waals surface area contributed by atoms with Gasteiger partial charge in [-0.05, 0) is 25.1 Å². The van der Waals surface area contributed by atoms with Gasteiger partial charge in [-0.15, -0.1) is 0 Å². The molecule has 3 aromatic rings. The number of halogens is 2. The van der Waals surface area contributed by atoms with Gasteiger partial charge in [-0.25, -0.2) is 18.3 Å². The predicted octanol–water partition coefficient (Wildman–Crippen LogP) is 2.28. The molecule has 10 heteroatoms. The highest BCUT2D eigenvalue weighted by molar-refractivity contribution is 6.02. The van der Waals surface area contributed by atoms with Gasteiger partial charge in [0, 0.05) is 6.20 Å². The highest BCUT2D eigenvalue weighted by Gasteiger charge is 2.21. The number of hydrogen-bond donors (Lipinski definition) is 3. The highest BCUT2D eigenvalue weighted by atomic mass is 19.1. The molecule has 2 aromatic heterocycles. The molecule has 0 saturated carbocycles. The van der Waals surface area contributed by atoms with E-state index in [0.29, 0.717) is 17.0 Å². The van der Waals surface area contributed by atoms with Crippen LogP contribution in [0.1, 0.15) is 24.1 Å². The van der Waals surface area contributed by atoms with Crippen molar-refractivity contribution in [3.63, 3.8) is 0 Å². The molecule has 2 heterocycles. The van der Waals surface area contributed by atoms with Crippen molar-refractivity contribution >= 4 is 17.3 Å². The van der Waals surface area contributed by atoms with Crippen LogP contribution in [0, 0.1) is 11.6 Å². The molecular weight excluding hydrogens is 346 g/mol. The molecule has 0 bridgehead atoms. The number of anilines is 1. The van der Waals surface area contributed by atoms with E-state index in [4.69, 9.17) is 15.7 Å². The van der Waals surface area contributed by atoms with Crippen LogP contribution in [0.3, 0.4) is 0 Å². The second-order valence-electron chi connectivity index (χ2n) is 5.47. The van der Waals surface area contributed by atoms with E-state index in [0.717, 1.165) is 12.1 Å². The Morgan fingerprint density at radius 1 is 1.35 bits per heavy atom. The minimum Gasteiger partial charge on any atom is -0.493 e. The summed E-state index contributed by atoms with van der Waals surface area (Å²) < 4.78 is 34.5. The van der Waals surface area contributed by atoms with E-state index in [1.54, 1.807) is 19.2 Å². The first-order valence-corrected chi connectivity index (χ1v) is 7.57. The summed E-state index contributed by atoms with van der Waals surface area (Å²) in [5, 5.41) is 18.8. The summed E-state index contributed by atoms with van der Waals surface area (Å²) in [7, 11) is 1.27. The quantitative estimate of drug-likeness (QED) is 0.278. The molecule has 0 aliphatic heterocycles. The van der Waals surface area contributed by atoms with Crippen molar-refractivity contribution in [3.05, 3.63) is 53.4 Å². The van der Waals surface area contributed by atoms with E-state index in [2.05, 4.69) is 20.6 Å². The molecule has 4 N–H and O–H groups in total. The Morgan fingerprint density at radius 3 is 2.77 bits per heavy atom. The van der Waals surface area contributed by atoms with Crippen molar-refractivity contribution in [1.29, 1.82) is 0 Å². The summed E-state index contributed by atoms with van der Waals surface area (Å²) in [6.45, 7) is 1.65. The summed E-state index contributed by atoms with van der Waals surface area (Å²) in [5.74, 6) is -1.22. The average Bonchev–Trinajstić information content (AvgIpc) is 3.05. The Balaban J connectivity index is 1.98. The van der Waals surface area contributed by atoms with Gasteiger partial charge in [0.2, 0.25) is 0 Å². The fourth-order valence-corrected chi connectivity index (χ4v) is 2.64. The van der Waals surface area contributed by atoms with Gasteiger partial charge in [0.1, 0.15) is 11.6 Å². The number of amidine groups is 1. The van der Waals surface area contributed by atoms with Crippen molar-refractivity contribution in [1.82, 2.24) is 14.6 Å². The second kappa shape index (κ2) is 6.82. The number of hydrogen-bond acceptors (Lipinski definition) is 6. The molecule has 0 fully saturated rings. The van der Waals surface area contributed by atoms with E-state index < -0.39 is 17.7 Å². The first-order chi connectivity index (χ1) is 12.5. The first kappa shape index (κ1) is 17.4. The molecule has 0 radical (unpaired) electrons. The maximum absolute atomic E-state index is 14.2. The smallest absolute Gasteiger partial charge is 0.175 e. The molecular formula is C16H16F2N6O2. The third kappa shape index (κ3) is 2.96. The number of nitrogens with zero attached hydrogens (tertiary/aromatic N) is 4. The summed E-state index contributed by atoms with van der Waals surface area (Å²) in [5.41, 5.74) is 6.31. The monoisotopic (exact) mass is 362 g/mol. The van der Waals surface area contributed by atoms with Crippen LogP contribution in [0.15, 0.2) is 35.7 Å². The van der Waals surface area contributed by atoms with Gasteiger partial charge in [0.25, 0.3) is 0 Å². The van der Waals surface area contributed by atoms with E-state index in [-0.39, 0.29) is 17.1 Å². The minimum absolute atomic E-state index is 0.0411. The number of fused-ring (bicyclic) bond motifs is 1. The van der Waals surface area contributed by atoms with E-state index >= 15 is 0 Å². The van der Waals surface area contributed by atoms with E-state index in [1.165, 1.54) is 17.8 Å². The average molecular weight is 362 g/mol. The minimum atomic E-state index is -0.661. The molecule has 3 rings (SSSR count). The van der Waals surface area contributed by atoms with Crippen LogP contribution in [0.2, 0.25) is 0 Å². The molecule has 136 valence electrons. The van der Waals surface area contributed by atoms with Crippen LogP contribution >= 0.6 is 0 Å². The van der Waals surface area contributed by atoms with Crippen molar-refractivity contribution in [2.24, 2.45) is 10.9 Å². The van der Waals surface area contributed by atoms with Crippen molar-refractivity contribution < 1.29 is 18.7 Å². The van der Waals surface area contributed by atoms with Gasteiger partial charge >= 0.3 is 0 Å². The third-order valence-corrected chi connectivity index (χ3v) is 3.85. The SMILES string of the molecule is COc1c(F)ccc(F)c1[C@@H](C)Nc1ccn2ncc(/C(N)=N/O)c2n1. The zero-order valence-corrected chi connectivity index (χ0v) is 13.9. The molecule has 1 atom stereocenters. The van der Waals surface area contributed by atoms with Crippen LogP contribution < -0.4 is 15.8 Å². The molecule has 0 saturated heterocycles. The van der Waals surface area contributed by atoms with Crippen molar-refractivity contribution in [3.8, 4) is 5.75 Å². The Morgan fingerprint density at radius 2 is 2.08 bits per heavy atom. The molecule has 0 unspecified atom stereocenters. The van der Waals surface area contributed by atoms with E-state index in [1.807, 2.05) is 0 Å². The number of ether oxygens (including phenoxy) is 1. The number of methoxy groups -OCH3 is 1. The summed E-state index contributed by atoms with van der Waals surface area (Å²) >= 11 is 0. The van der Waals surface area contributed by atoms with Crippen molar-refractivity contribution in [2.45, 2.75) is 13.0 Å². The summed E-state index contributed by atoms with van der Waals surface area (Å²) in [4.78, 5) is 4.34. The molecule has 0 aliphatic carbocycles. The van der Waals surface area contributed by atoms with Crippen LogP contribution in [0.5, 0.6) is 5.75 Å². The Labute approximate surface area is 146 Å². The zero-order chi connectivity index (χ0) is 18.8. The Kier molecular flexibility index (Phi) is 4.57. The van der Waals surface area contributed by atoms with Gasteiger partial charge < -0.3 is 21.0 Å². The molecule has 26 heavy (non-hydrogen) atoms. The number of oxime groups is 1. The fraction of sp³-hybridized carbons (Fsp3) is 0.188. The second-order valence-corrected chi connectivity index (χ2v) is 5.47. The maximum Gasteiger partial charge on any atom is 0.175 e. The number of nitrogens with two attached hydrogens (primary N) is 1. The third-order valence-electron chi connectivity index (χ3n) is 3.85. The van der Waals surface area contributed by atoms with Crippen molar-refractivity contribution in [2.75, 3.05) is 12.4 Å². The lowest BCUT2D eigenvalue weighted by Gasteiger charge is -2.19. The van der Waals surface area contributed by atoms with Crippen LogP contribution in [-0.4, -0.2) is 32.8 Å². The van der Waals surface area contributed by atoms with Crippen LogP contribution in [-0.2, 0) is 0 Å². The predicted molar refractivity (Wildman–Crippen MR) is 90.4 cm³/mol. The lowest BCUT2D eigenvalue weighted by atomic mass is 10.1. The summed E-state index contributed by atoms with van der Waals surface area (Å²) in [6.07, 6.45) is 3.00. The number of aromatic nitrogens is 3. The highest BCUT2D eigenvalue weighted by Crippen LogP contribution is 2.32. The van der Waals surface area contributed by atoms with Gasteiger partial charge in [-0.2, -0.15) is 5.10 Å². The van der Waals surface area contributed by atoms with Gasteiger partial charge in [-0.1, -0.05) is 5.16 Å². The zero-order valence-electron chi connectivity index (χ0n) is 13.9. The number of benzene rings is 1. The number of rotatable bonds is 5. The van der Waals surface area contributed by atoms with Crippen LogP contribution in [0.25, 0.3) is 5.65 Å². The lowest BCUT2D eigenvalue weighted by Crippen LogP contribution is -2.14. The molecule has 0 aliphatic rings. The molecule has 0 amide bonds. The van der Waals surface area contributed by atoms with Gasteiger partial charge in [-0.3, -0.25) is 0 Å². The maximum atomic E-state index is 14.2. The molecule has 8 nitrogen and oxygen atoms in total. The Hall–Kier alpha value is -3.43. The van der Waals surface area contributed by atoms with Gasteiger partial charge in [0.15, 0.2) is 23.0 Å². The molecule has 0 spiro atoms. The standard InChI is InChI=1S/C16H16F2N6O2/c1-8(13-10(17)3-4-11(18)14(13)26-2)21-12-5-6-24-16(22-12)9(7-20-24)15(19)23-25/h3-8,25H,1-2H3,(H2,19,23)(H,21,22)/t8-/m1/s1. The normalized spacial score (nSPS) is 13.0. The van der Waals surface area contributed by atoms with E-state index in [9.17, 15) is 8.78 Å². The Bertz CT molecular complexity index is 988. The topological polar surface area (TPSA) is 110 Å². The number of nitrogens with one attached hydrogen (secondary N) is 1. The van der Waals surface area contributed by atoms with Gasteiger partial charge in [0.05, 0.1) is 30.5 Å².